The van der Waals surface area contributed by atoms with Gasteiger partial charge in [0.15, 0.2) is 5.13 Å². The topological polar surface area (TPSA) is 106 Å². The zero-order valence-electron chi connectivity index (χ0n) is 20.7. The van der Waals surface area contributed by atoms with Gasteiger partial charge in [-0.25, -0.2) is 9.78 Å². The van der Waals surface area contributed by atoms with Crippen LogP contribution in [-0.2, 0) is 14.3 Å². The first kappa shape index (κ1) is 26.4. The van der Waals surface area contributed by atoms with Crippen LogP contribution < -0.4 is 9.64 Å². The van der Waals surface area contributed by atoms with Crippen molar-refractivity contribution in [3.8, 4) is 5.75 Å². The lowest BCUT2D eigenvalue weighted by atomic mass is 9.95. The molecule has 1 fully saturated rings. The molecular formula is C27H25ClN2O6S. The minimum absolute atomic E-state index is 0.110. The van der Waals surface area contributed by atoms with Gasteiger partial charge in [0.2, 0.25) is 0 Å². The second kappa shape index (κ2) is 10.7. The van der Waals surface area contributed by atoms with Crippen molar-refractivity contribution in [2.24, 2.45) is 0 Å². The van der Waals surface area contributed by atoms with E-state index in [0.717, 1.165) is 23.3 Å². The number of hydrogen-bond donors (Lipinski definition) is 1. The highest BCUT2D eigenvalue weighted by atomic mass is 35.5. The molecule has 2 aromatic carbocycles. The van der Waals surface area contributed by atoms with Crippen LogP contribution in [0.5, 0.6) is 5.75 Å². The number of aliphatic hydroxyl groups is 1. The predicted octanol–water partition coefficient (Wildman–Crippen LogP) is 5.62. The Kier molecular flexibility index (Phi) is 7.65. The van der Waals surface area contributed by atoms with E-state index in [0.29, 0.717) is 34.2 Å². The standard InChI is InChI=1S/C27H25ClN2O6S/c1-5-11-36-19-10-9-17(12-14(19)2)22(31)20-21(16-7-6-8-18(28)13-16)30(25(33)23(20)32)27-29-15(3)24(37-27)26(34)35-4/h6-10,12-13,21,31H,5,11H2,1-4H3/t21-/m0/s1. The number of hydrogen-bond acceptors (Lipinski definition) is 8. The van der Waals surface area contributed by atoms with Crippen LogP contribution in [0, 0.1) is 13.8 Å². The summed E-state index contributed by atoms with van der Waals surface area (Å²) in [4.78, 5) is 44.7. The van der Waals surface area contributed by atoms with Crippen LogP contribution in [0.4, 0.5) is 5.13 Å². The summed E-state index contributed by atoms with van der Waals surface area (Å²) in [6, 6.07) is 10.7. The molecule has 4 rings (SSSR count). The van der Waals surface area contributed by atoms with Crippen molar-refractivity contribution >= 4 is 51.5 Å². The van der Waals surface area contributed by atoms with Crippen LogP contribution in [-0.4, -0.2) is 41.5 Å². The SMILES string of the molecule is CCCOc1ccc(C(O)=C2C(=O)C(=O)N(c3nc(C)c(C(=O)OC)s3)[C@H]2c2cccc(Cl)c2)cc1C. The number of benzene rings is 2. The van der Waals surface area contributed by atoms with Crippen molar-refractivity contribution in [1.29, 1.82) is 0 Å². The van der Waals surface area contributed by atoms with Crippen LogP contribution >= 0.6 is 22.9 Å². The number of esters is 1. The van der Waals surface area contributed by atoms with Crippen molar-refractivity contribution in [3.05, 3.63) is 80.3 Å². The van der Waals surface area contributed by atoms with Gasteiger partial charge in [-0.2, -0.15) is 0 Å². The number of thiazole rings is 1. The largest absolute Gasteiger partial charge is 0.507 e. The van der Waals surface area contributed by atoms with E-state index in [1.165, 1.54) is 12.0 Å². The second-order valence-electron chi connectivity index (χ2n) is 8.46. The number of Topliss-reactive ketones (excluding diaryl/α,β-unsaturated/α-hetero) is 1. The summed E-state index contributed by atoms with van der Waals surface area (Å²) in [5.41, 5.74) is 1.87. The minimum Gasteiger partial charge on any atom is -0.507 e. The van der Waals surface area contributed by atoms with Gasteiger partial charge in [0.25, 0.3) is 5.78 Å². The molecule has 37 heavy (non-hydrogen) atoms. The van der Waals surface area contributed by atoms with E-state index in [2.05, 4.69) is 4.98 Å². The van der Waals surface area contributed by atoms with E-state index in [1.54, 1.807) is 49.4 Å². The van der Waals surface area contributed by atoms with Crippen molar-refractivity contribution in [1.82, 2.24) is 4.98 Å². The third-order valence-corrected chi connectivity index (χ3v) is 7.25. The fraction of sp³-hybridized carbons (Fsp3) is 0.259. The van der Waals surface area contributed by atoms with Gasteiger partial charge in [0, 0.05) is 10.6 Å². The Balaban J connectivity index is 1.89. The van der Waals surface area contributed by atoms with Gasteiger partial charge in [-0.15, -0.1) is 0 Å². The van der Waals surface area contributed by atoms with Gasteiger partial charge in [0.1, 0.15) is 16.4 Å². The molecule has 1 aliphatic heterocycles. The van der Waals surface area contributed by atoms with Crippen molar-refractivity contribution in [3.63, 3.8) is 0 Å². The molecule has 1 atom stereocenters. The molecule has 2 heterocycles. The molecule has 1 aromatic heterocycles. The molecule has 0 saturated carbocycles. The lowest BCUT2D eigenvalue weighted by Gasteiger charge is -2.23. The molecule has 3 aromatic rings. The number of aromatic nitrogens is 1. The average molecular weight is 541 g/mol. The number of amides is 1. The van der Waals surface area contributed by atoms with Crippen molar-refractivity contribution in [2.75, 3.05) is 18.6 Å². The quantitative estimate of drug-likeness (QED) is 0.179. The van der Waals surface area contributed by atoms with Gasteiger partial charge in [0.05, 0.1) is 31.0 Å². The first-order valence-corrected chi connectivity index (χ1v) is 12.7. The van der Waals surface area contributed by atoms with E-state index in [1.807, 2.05) is 13.8 Å². The lowest BCUT2D eigenvalue weighted by Crippen LogP contribution is -2.29. The second-order valence-corrected chi connectivity index (χ2v) is 9.87. The normalized spacial score (nSPS) is 16.8. The number of ketones is 1. The van der Waals surface area contributed by atoms with Gasteiger partial charge in [-0.05, 0) is 61.7 Å². The highest BCUT2D eigenvalue weighted by molar-refractivity contribution is 7.17. The molecule has 0 unspecified atom stereocenters. The van der Waals surface area contributed by atoms with Gasteiger partial charge in [-0.3, -0.25) is 14.5 Å². The van der Waals surface area contributed by atoms with Crippen LogP contribution in [0.25, 0.3) is 5.76 Å². The molecule has 0 aliphatic carbocycles. The van der Waals surface area contributed by atoms with Crippen LogP contribution in [0.1, 0.15) is 51.4 Å². The predicted molar refractivity (Wildman–Crippen MR) is 141 cm³/mol. The fourth-order valence-corrected chi connectivity index (χ4v) is 5.33. The number of halogens is 1. The summed E-state index contributed by atoms with van der Waals surface area (Å²) in [7, 11) is 1.25. The minimum atomic E-state index is -1.02. The summed E-state index contributed by atoms with van der Waals surface area (Å²) >= 11 is 7.18. The van der Waals surface area contributed by atoms with Gasteiger partial charge >= 0.3 is 11.9 Å². The molecule has 1 N–H and O–H groups in total. The third-order valence-electron chi connectivity index (χ3n) is 5.88. The van der Waals surface area contributed by atoms with Crippen LogP contribution in [0.15, 0.2) is 48.0 Å². The molecule has 192 valence electrons. The maximum Gasteiger partial charge on any atom is 0.350 e. The third kappa shape index (κ3) is 4.97. The fourth-order valence-electron chi connectivity index (χ4n) is 4.12. The Morgan fingerprint density at radius 1 is 1.19 bits per heavy atom. The maximum atomic E-state index is 13.4. The summed E-state index contributed by atoms with van der Waals surface area (Å²) in [6.07, 6.45) is 0.845. The van der Waals surface area contributed by atoms with Crippen LogP contribution in [0.2, 0.25) is 5.02 Å². The summed E-state index contributed by atoms with van der Waals surface area (Å²) < 4.78 is 10.5. The molecule has 1 saturated heterocycles. The Hall–Kier alpha value is -3.69. The van der Waals surface area contributed by atoms with E-state index in [9.17, 15) is 19.5 Å². The smallest absolute Gasteiger partial charge is 0.350 e. The number of aliphatic hydroxyl groups excluding tert-OH is 1. The molecule has 0 spiro atoms. The number of carbonyl (C=O) groups excluding carboxylic acids is 3. The first-order valence-electron chi connectivity index (χ1n) is 11.5. The van der Waals surface area contributed by atoms with Crippen LogP contribution in [0.3, 0.4) is 0 Å². The van der Waals surface area contributed by atoms with Gasteiger partial charge < -0.3 is 14.6 Å². The Morgan fingerprint density at radius 3 is 2.59 bits per heavy atom. The Bertz CT molecular complexity index is 1430. The van der Waals surface area contributed by atoms with Gasteiger partial charge in [-0.1, -0.05) is 42.0 Å². The molecule has 0 bridgehead atoms. The summed E-state index contributed by atoms with van der Waals surface area (Å²) in [5.74, 6) is -2.02. The lowest BCUT2D eigenvalue weighted by molar-refractivity contribution is -0.132. The Morgan fingerprint density at radius 2 is 1.95 bits per heavy atom. The average Bonchev–Trinajstić information content (AvgIpc) is 3.39. The van der Waals surface area contributed by atoms with E-state index in [4.69, 9.17) is 21.1 Å². The van der Waals surface area contributed by atoms with Crippen molar-refractivity contribution < 1.29 is 29.0 Å². The summed E-state index contributed by atoms with van der Waals surface area (Å²) in [6.45, 7) is 6.00. The van der Waals surface area contributed by atoms with Crippen molar-refractivity contribution in [2.45, 2.75) is 33.2 Å². The van der Waals surface area contributed by atoms with E-state index < -0.39 is 23.7 Å². The molecule has 1 amide bonds. The van der Waals surface area contributed by atoms with E-state index in [-0.39, 0.29) is 21.3 Å². The summed E-state index contributed by atoms with van der Waals surface area (Å²) in [5, 5.41) is 11.9. The molecule has 10 heteroatoms. The number of ether oxygens (including phenoxy) is 2. The highest BCUT2D eigenvalue weighted by Crippen LogP contribution is 2.44. The number of nitrogens with zero attached hydrogens (tertiary/aromatic N) is 2. The Labute approximate surface area is 223 Å². The maximum absolute atomic E-state index is 13.4. The molecule has 8 nitrogen and oxygen atoms in total. The molecule has 1 aliphatic rings. The number of methoxy groups -OCH3 is 1. The number of anilines is 1. The highest BCUT2D eigenvalue weighted by Gasteiger charge is 2.48. The zero-order chi connectivity index (χ0) is 26.9. The number of aryl methyl sites for hydroxylation is 2. The molecular weight excluding hydrogens is 516 g/mol. The number of carbonyl (C=O) groups is 3. The van der Waals surface area contributed by atoms with E-state index >= 15 is 0 Å². The first-order chi connectivity index (χ1) is 17.7. The molecule has 0 radical (unpaired) electrons. The number of rotatable bonds is 7. The monoisotopic (exact) mass is 540 g/mol. The zero-order valence-corrected chi connectivity index (χ0v) is 22.3.